The molecule has 0 spiro atoms. The van der Waals surface area contributed by atoms with Crippen molar-refractivity contribution in [3.05, 3.63) is 71.8 Å². The van der Waals surface area contributed by atoms with Crippen molar-refractivity contribution in [1.29, 1.82) is 0 Å². The molecule has 0 aliphatic heterocycles. The predicted molar refractivity (Wildman–Crippen MR) is 126 cm³/mol. The molecule has 1 N–H and O–H groups in total. The number of thioether (sulfide) groups is 1. The summed E-state index contributed by atoms with van der Waals surface area (Å²) in [5.74, 6) is 1.16. The maximum absolute atomic E-state index is 13.1. The molecule has 4 nitrogen and oxygen atoms in total. The van der Waals surface area contributed by atoms with Crippen molar-refractivity contribution in [2.45, 2.75) is 51.3 Å². The maximum atomic E-state index is 13.1. The average molecular weight is 427 g/mol. The van der Waals surface area contributed by atoms with Crippen molar-refractivity contribution >= 4 is 23.6 Å². The van der Waals surface area contributed by atoms with Crippen LogP contribution in [0.2, 0.25) is 0 Å². The van der Waals surface area contributed by atoms with Crippen LogP contribution in [0.1, 0.15) is 44.2 Å². The molecule has 0 fully saturated rings. The molecule has 5 heteroatoms. The second-order valence-corrected chi connectivity index (χ2v) is 8.36. The van der Waals surface area contributed by atoms with Gasteiger partial charge in [0.1, 0.15) is 6.04 Å². The summed E-state index contributed by atoms with van der Waals surface area (Å²) in [6, 6.07) is 19.9. The Kier molecular flexibility index (Phi) is 11.1. The molecule has 0 unspecified atom stereocenters. The van der Waals surface area contributed by atoms with Gasteiger partial charge in [-0.15, -0.1) is 11.8 Å². The molecule has 0 aliphatic carbocycles. The molecular weight excluding hydrogens is 392 g/mol. The van der Waals surface area contributed by atoms with Gasteiger partial charge in [-0.3, -0.25) is 9.59 Å². The van der Waals surface area contributed by atoms with Crippen LogP contribution in [0.25, 0.3) is 0 Å². The van der Waals surface area contributed by atoms with E-state index in [-0.39, 0.29) is 11.8 Å². The first-order valence-electron chi connectivity index (χ1n) is 10.9. The number of nitrogens with one attached hydrogen (secondary N) is 1. The number of carbonyl (C=O) groups is 2. The van der Waals surface area contributed by atoms with Gasteiger partial charge < -0.3 is 10.2 Å². The van der Waals surface area contributed by atoms with E-state index in [2.05, 4.69) is 36.5 Å². The Bertz CT molecular complexity index is 752. The first-order chi connectivity index (χ1) is 14.7. The minimum Gasteiger partial charge on any atom is -0.354 e. The van der Waals surface area contributed by atoms with E-state index in [1.54, 1.807) is 16.7 Å². The summed E-state index contributed by atoms with van der Waals surface area (Å²) < 4.78 is 0. The summed E-state index contributed by atoms with van der Waals surface area (Å²) in [6.07, 6.45) is 3.34. The third-order valence-electron chi connectivity index (χ3n) is 5.04. The Labute approximate surface area is 185 Å². The van der Waals surface area contributed by atoms with Gasteiger partial charge in [0.15, 0.2) is 0 Å². The number of carbonyl (C=O) groups excluding carboxylic acids is 2. The fourth-order valence-electron chi connectivity index (χ4n) is 3.32. The number of hydrogen-bond donors (Lipinski definition) is 1. The van der Waals surface area contributed by atoms with Crippen LogP contribution >= 0.6 is 11.8 Å². The Balaban J connectivity index is 2.01. The minimum atomic E-state index is -0.421. The van der Waals surface area contributed by atoms with E-state index < -0.39 is 6.04 Å². The van der Waals surface area contributed by atoms with Crippen LogP contribution in [0.5, 0.6) is 0 Å². The van der Waals surface area contributed by atoms with Gasteiger partial charge in [0.25, 0.3) is 0 Å². The highest BCUT2D eigenvalue weighted by molar-refractivity contribution is 7.99. The van der Waals surface area contributed by atoms with Crippen LogP contribution in [-0.2, 0) is 21.8 Å². The zero-order valence-corrected chi connectivity index (χ0v) is 19.0. The number of hydrogen-bond acceptors (Lipinski definition) is 3. The fraction of sp³-hybridized carbons (Fsp3) is 0.440. The van der Waals surface area contributed by atoms with Crippen molar-refractivity contribution in [2.75, 3.05) is 18.8 Å². The van der Waals surface area contributed by atoms with E-state index in [4.69, 9.17) is 0 Å². The van der Waals surface area contributed by atoms with Crippen molar-refractivity contribution in [3.8, 4) is 0 Å². The van der Waals surface area contributed by atoms with E-state index in [1.165, 1.54) is 11.1 Å². The lowest BCUT2D eigenvalue weighted by Gasteiger charge is -2.30. The van der Waals surface area contributed by atoms with Crippen LogP contribution in [0, 0.1) is 0 Å². The first kappa shape index (κ1) is 24.0. The molecule has 2 rings (SSSR count). The van der Waals surface area contributed by atoms with Crippen LogP contribution < -0.4 is 5.32 Å². The summed E-state index contributed by atoms with van der Waals surface area (Å²) in [5.41, 5.74) is 2.38. The lowest BCUT2D eigenvalue weighted by atomic mass is 10.1. The van der Waals surface area contributed by atoms with Gasteiger partial charge in [0.05, 0.1) is 5.75 Å². The average Bonchev–Trinajstić information content (AvgIpc) is 2.78. The van der Waals surface area contributed by atoms with Crippen molar-refractivity contribution in [3.63, 3.8) is 0 Å². The van der Waals surface area contributed by atoms with Crippen LogP contribution in [-0.4, -0.2) is 41.6 Å². The van der Waals surface area contributed by atoms with Gasteiger partial charge >= 0.3 is 0 Å². The highest BCUT2D eigenvalue weighted by atomic mass is 32.2. The zero-order chi connectivity index (χ0) is 21.6. The third kappa shape index (κ3) is 8.23. The Morgan fingerprint density at radius 1 is 0.967 bits per heavy atom. The third-order valence-corrected chi connectivity index (χ3v) is 6.03. The number of rotatable bonds is 13. The molecule has 2 aromatic carbocycles. The minimum absolute atomic E-state index is 0.0318. The van der Waals surface area contributed by atoms with Crippen molar-refractivity contribution in [1.82, 2.24) is 10.2 Å². The topological polar surface area (TPSA) is 49.4 Å². The molecule has 0 heterocycles. The van der Waals surface area contributed by atoms with Crippen molar-refractivity contribution in [2.24, 2.45) is 0 Å². The number of unbranched alkanes of at least 4 members (excludes halogenated alkanes) is 1. The fourth-order valence-corrected chi connectivity index (χ4v) is 4.19. The summed E-state index contributed by atoms with van der Waals surface area (Å²) in [7, 11) is 0. The lowest BCUT2D eigenvalue weighted by Crippen LogP contribution is -2.50. The van der Waals surface area contributed by atoms with Crippen LogP contribution in [0.3, 0.4) is 0 Å². The van der Waals surface area contributed by atoms with Crippen molar-refractivity contribution < 1.29 is 9.59 Å². The van der Waals surface area contributed by atoms with Gasteiger partial charge in [-0.2, -0.15) is 0 Å². The molecule has 0 saturated heterocycles. The van der Waals surface area contributed by atoms with Gasteiger partial charge in [-0.25, -0.2) is 0 Å². The molecule has 0 aliphatic rings. The highest BCUT2D eigenvalue weighted by Crippen LogP contribution is 2.15. The van der Waals surface area contributed by atoms with Gasteiger partial charge in [-0.05, 0) is 30.4 Å². The zero-order valence-electron chi connectivity index (χ0n) is 18.2. The standard InChI is InChI=1S/C25H34N2O2S/c1-3-5-17-26-25(29)23(4-2)27(18-16-21-12-8-6-9-13-21)24(28)20-30-19-22-14-10-7-11-15-22/h6-15,23H,3-5,16-20H2,1-2H3,(H,26,29)/t23-/m0/s1. The highest BCUT2D eigenvalue weighted by Gasteiger charge is 2.27. The molecule has 2 amide bonds. The van der Waals surface area contributed by atoms with Crippen LogP contribution in [0.4, 0.5) is 0 Å². The van der Waals surface area contributed by atoms with Gasteiger partial charge in [-0.1, -0.05) is 80.9 Å². The molecule has 162 valence electrons. The monoisotopic (exact) mass is 426 g/mol. The quantitative estimate of drug-likeness (QED) is 0.473. The second kappa shape index (κ2) is 13.9. The second-order valence-electron chi connectivity index (χ2n) is 7.37. The normalized spacial score (nSPS) is 11.7. The smallest absolute Gasteiger partial charge is 0.242 e. The van der Waals surface area contributed by atoms with Gasteiger partial charge in [0, 0.05) is 18.8 Å². The van der Waals surface area contributed by atoms with E-state index in [0.717, 1.165) is 25.0 Å². The molecule has 2 aromatic rings. The summed E-state index contributed by atoms with van der Waals surface area (Å²) in [6.45, 7) is 5.29. The number of nitrogens with zero attached hydrogens (tertiary/aromatic N) is 1. The molecule has 0 bridgehead atoms. The van der Waals surface area contributed by atoms with E-state index >= 15 is 0 Å². The Morgan fingerprint density at radius 3 is 2.20 bits per heavy atom. The molecule has 1 atom stereocenters. The summed E-state index contributed by atoms with van der Waals surface area (Å²) >= 11 is 1.60. The Hall–Kier alpha value is -2.27. The first-order valence-corrected chi connectivity index (χ1v) is 12.0. The van der Waals surface area contributed by atoms with E-state index in [0.29, 0.717) is 25.3 Å². The molecule has 0 saturated carbocycles. The molecule has 0 aromatic heterocycles. The maximum Gasteiger partial charge on any atom is 0.242 e. The summed E-state index contributed by atoms with van der Waals surface area (Å²) in [5, 5.41) is 3.01. The lowest BCUT2D eigenvalue weighted by molar-refractivity contribution is -0.138. The SMILES string of the molecule is CCCCNC(=O)[C@H](CC)N(CCc1ccccc1)C(=O)CSCc1ccccc1. The summed E-state index contributed by atoms with van der Waals surface area (Å²) in [4.78, 5) is 27.7. The largest absolute Gasteiger partial charge is 0.354 e. The van der Waals surface area contributed by atoms with E-state index in [1.807, 2.05) is 43.3 Å². The predicted octanol–water partition coefficient (Wildman–Crippen LogP) is 4.69. The van der Waals surface area contributed by atoms with Crippen LogP contribution in [0.15, 0.2) is 60.7 Å². The number of benzene rings is 2. The Morgan fingerprint density at radius 2 is 1.60 bits per heavy atom. The van der Waals surface area contributed by atoms with E-state index in [9.17, 15) is 9.59 Å². The number of amides is 2. The molecule has 30 heavy (non-hydrogen) atoms. The van der Waals surface area contributed by atoms with Gasteiger partial charge in [0.2, 0.25) is 11.8 Å². The molecule has 0 radical (unpaired) electrons. The molecular formula is C25H34N2O2S.